The van der Waals surface area contributed by atoms with Crippen molar-refractivity contribution in [3.05, 3.63) is 23.5 Å². The molecule has 12 heavy (non-hydrogen) atoms. The summed E-state index contributed by atoms with van der Waals surface area (Å²) in [6.45, 7) is -0.554. The van der Waals surface area contributed by atoms with E-state index in [2.05, 4.69) is 4.98 Å². The van der Waals surface area contributed by atoms with Crippen LogP contribution in [0.15, 0.2) is 12.4 Å². The van der Waals surface area contributed by atoms with E-state index in [-0.39, 0.29) is 5.56 Å². The molecule has 1 rings (SSSR count). The smallest absolute Gasteiger partial charge is 0.267 e. The van der Waals surface area contributed by atoms with Gasteiger partial charge in [0.15, 0.2) is 0 Å². The summed E-state index contributed by atoms with van der Waals surface area (Å²) in [6.07, 6.45) is -0.780. The molecule has 0 bridgehead atoms. The molecule has 0 aliphatic rings. The van der Waals surface area contributed by atoms with E-state index in [1.807, 2.05) is 0 Å². The monoisotopic (exact) mass is 175 g/mol. The lowest BCUT2D eigenvalue weighted by Crippen LogP contribution is -1.96. The molecule has 0 radical (unpaired) electrons. The van der Waals surface area contributed by atoms with Crippen LogP contribution >= 0.6 is 0 Å². The van der Waals surface area contributed by atoms with Crippen molar-refractivity contribution in [3.8, 4) is 5.75 Å². The number of aliphatic hydroxyl groups is 1. The summed E-state index contributed by atoms with van der Waals surface area (Å²) in [5.74, 6) is -0.587. The molecule has 0 amide bonds. The van der Waals surface area contributed by atoms with Crippen molar-refractivity contribution < 1.29 is 19.0 Å². The second-order valence-corrected chi connectivity index (χ2v) is 2.19. The van der Waals surface area contributed by atoms with Gasteiger partial charge < -0.3 is 10.2 Å². The molecule has 66 valence electrons. The number of hydrogen-bond acceptors (Lipinski definition) is 3. The number of aliphatic hydroxyl groups excluding tert-OH is 1. The molecular formula is C7H7F2NO2. The van der Waals surface area contributed by atoms with Crippen LogP contribution in [-0.2, 0) is 6.61 Å². The maximum Gasteiger partial charge on any atom is 0.267 e. The Labute approximate surface area is 67.3 Å². The van der Waals surface area contributed by atoms with Crippen molar-refractivity contribution in [2.24, 2.45) is 0 Å². The molecule has 1 aromatic rings. The fourth-order valence-electron chi connectivity index (χ4n) is 0.879. The van der Waals surface area contributed by atoms with Crippen molar-refractivity contribution in [2.75, 3.05) is 0 Å². The molecule has 0 aliphatic heterocycles. The normalized spacial score (nSPS) is 10.7. The van der Waals surface area contributed by atoms with Gasteiger partial charge in [-0.25, -0.2) is 8.78 Å². The highest BCUT2D eigenvalue weighted by molar-refractivity contribution is 5.36. The predicted octanol–water partition coefficient (Wildman–Crippen LogP) is 1.22. The van der Waals surface area contributed by atoms with Gasteiger partial charge in [-0.15, -0.1) is 0 Å². The largest absolute Gasteiger partial charge is 0.506 e. The van der Waals surface area contributed by atoms with Crippen LogP contribution < -0.4 is 0 Å². The van der Waals surface area contributed by atoms with Crippen LogP contribution in [-0.4, -0.2) is 15.2 Å². The first-order chi connectivity index (χ1) is 5.66. The van der Waals surface area contributed by atoms with Gasteiger partial charge in [0.1, 0.15) is 5.75 Å². The minimum atomic E-state index is -2.80. The molecule has 0 saturated carbocycles. The van der Waals surface area contributed by atoms with Gasteiger partial charge >= 0.3 is 0 Å². The molecular weight excluding hydrogens is 168 g/mol. The van der Waals surface area contributed by atoms with Gasteiger partial charge in [0.2, 0.25) is 0 Å². The Morgan fingerprint density at radius 1 is 1.42 bits per heavy atom. The number of halogens is 2. The van der Waals surface area contributed by atoms with Crippen molar-refractivity contribution in [1.82, 2.24) is 4.98 Å². The summed E-state index contributed by atoms with van der Waals surface area (Å²) in [5.41, 5.74) is -0.600. The number of hydrogen-bond donors (Lipinski definition) is 2. The van der Waals surface area contributed by atoms with Crippen LogP contribution in [0, 0.1) is 0 Å². The molecule has 0 atom stereocenters. The zero-order chi connectivity index (χ0) is 9.14. The maximum absolute atomic E-state index is 12.2. The Morgan fingerprint density at radius 3 is 2.50 bits per heavy atom. The van der Waals surface area contributed by atoms with Gasteiger partial charge in [0.05, 0.1) is 18.4 Å². The lowest BCUT2D eigenvalue weighted by atomic mass is 10.1. The van der Waals surface area contributed by atoms with Crippen molar-refractivity contribution in [3.63, 3.8) is 0 Å². The van der Waals surface area contributed by atoms with Crippen LogP contribution in [0.2, 0.25) is 0 Å². The average Bonchev–Trinajstić information content (AvgIpc) is 2.03. The third-order valence-corrected chi connectivity index (χ3v) is 1.44. The molecule has 2 N–H and O–H groups in total. The molecule has 3 nitrogen and oxygen atoms in total. The number of nitrogens with zero attached hydrogens (tertiary/aromatic N) is 1. The Hall–Kier alpha value is -1.23. The fourth-order valence-corrected chi connectivity index (χ4v) is 0.879. The van der Waals surface area contributed by atoms with E-state index in [9.17, 15) is 8.78 Å². The lowest BCUT2D eigenvalue weighted by molar-refractivity contribution is 0.143. The van der Waals surface area contributed by atoms with Gasteiger partial charge in [-0.2, -0.15) is 0 Å². The van der Waals surface area contributed by atoms with E-state index in [1.165, 1.54) is 0 Å². The second kappa shape index (κ2) is 3.44. The summed E-state index contributed by atoms with van der Waals surface area (Å²) in [5, 5.41) is 17.5. The van der Waals surface area contributed by atoms with Gasteiger partial charge in [-0.05, 0) is 0 Å². The number of rotatable bonds is 2. The molecule has 0 aromatic carbocycles. The third kappa shape index (κ3) is 1.50. The summed E-state index contributed by atoms with van der Waals surface area (Å²) >= 11 is 0. The fraction of sp³-hybridized carbons (Fsp3) is 0.286. The number of aromatic hydroxyl groups is 1. The summed E-state index contributed by atoms with van der Waals surface area (Å²) < 4.78 is 24.4. The first kappa shape index (κ1) is 8.86. The van der Waals surface area contributed by atoms with Gasteiger partial charge in [0, 0.05) is 11.8 Å². The first-order valence-corrected chi connectivity index (χ1v) is 3.21. The van der Waals surface area contributed by atoms with Gasteiger partial charge in [0.25, 0.3) is 6.43 Å². The van der Waals surface area contributed by atoms with E-state index in [1.54, 1.807) is 0 Å². The van der Waals surface area contributed by atoms with E-state index in [0.29, 0.717) is 0 Å². The molecule has 0 aliphatic carbocycles. The highest BCUT2D eigenvalue weighted by Gasteiger charge is 2.17. The van der Waals surface area contributed by atoms with E-state index >= 15 is 0 Å². The SMILES string of the molecule is OCc1cncc(O)c1C(F)F. The second-order valence-electron chi connectivity index (χ2n) is 2.19. The molecule has 0 spiro atoms. The summed E-state index contributed by atoms with van der Waals surface area (Å²) in [6, 6.07) is 0. The predicted molar refractivity (Wildman–Crippen MR) is 36.8 cm³/mol. The van der Waals surface area contributed by atoms with Gasteiger partial charge in [-0.1, -0.05) is 0 Å². The molecule has 0 unspecified atom stereocenters. The standard InChI is InChI=1S/C7H7F2NO2/c8-7(9)6-4(3-11)1-10-2-5(6)12/h1-2,7,11-12H,3H2. The number of pyridine rings is 1. The van der Waals surface area contributed by atoms with Gasteiger partial charge in [-0.3, -0.25) is 4.98 Å². The zero-order valence-electron chi connectivity index (χ0n) is 6.04. The van der Waals surface area contributed by atoms with Crippen LogP contribution in [0.3, 0.4) is 0 Å². The van der Waals surface area contributed by atoms with E-state index < -0.39 is 24.3 Å². The summed E-state index contributed by atoms with van der Waals surface area (Å²) in [7, 11) is 0. The Kier molecular flexibility index (Phi) is 2.54. The lowest BCUT2D eigenvalue weighted by Gasteiger charge is -2.06. The topological polar surface area (TPSA) is 53.4 Å². The minimum absolute atomic E-state index is 0.0509. The Bertz CT molecular complexity index is 278. The van der Waals surface area contributed by atoms with Crippen molar-refractivity contribution in [1.29, 1.82) is 0 Å². The molecule has 0 saturated heterocycles. The van der Waals surface area contributed by atoms with Crippen molar-refractivity contribution in [2.45, 2.75) is 13.0 Å². The first-order valence-electron chi connectivity index (χ1n) is 3.21. The van der Waals surface area contributed by atoms with Crippen molar-refractivity contribution >= 4 is 0 Å². The number of aromatic nitrogens is 1. The van der Waals surface area contributed by atoms with E-state index in [4.69, 9.17) is 10.2 Å². The average molecular weight is 175 g/mol. The molecule has 1 heterocycles. The highest BCUT2D eigenvalue weighted by atomic mass is 19.3. The molecule has 5 heteroatoms. The van der Waals surface area contributed by atoms with E-state index in [0.717, 1.165) is 12.4 Å². The van der Waals surface area contributed by atoms with Crippen LogP contribution in [0.25, 0.3) is 0 Å². The Morgan fingerprint density at radius 2 is 2.08 bits per heavy atom. The third-order valence-electron chi connectivity index (χ3n) is 1.44. The van der Waals surface area contributed by atoms with Crippen LogP contribution in [0.5, 0.6) is 5.75 Å². The maximum atomic E-state index is 12.2. The molecule has 0 fully saturated rings. The Balaban J connectivity index is 3.20. The quantitative estimate of drug-likeness (QED) is 0.710. The molecule has 1 aromatic heterocycles. The van der Waals surface area contributed by atoms with Crippen LogP contribution in [0.1, 0.15) is 17.6 Å². The number of alkyl halides is 2. The highest BCUT2D eigenvalue weighted by Crippen LogP contribution is 2.30. The minimum Gasteiger partial charge on any atom is -0.506 e. The summed E-state index contributed by atoms with van der Waals surface area (Å²) in [4.78, 5) is 3.45. The van der Waals surface area contributed by atoms with Crippen LogP contribution in [0.4, 0.5) is 8.78 Å². The zero-order valence-corrected chi connectivity index (χ0v) is 6.04.